The van der Waals surface area contributed by atoms with Gasteiger partial charge in [0.25, 0.3) is 0 Å². The number of hydrogen-bond acceptors (Lipinski definition) is 3. The zero-order valence-corrected chi connectivity index (χ0v) is 26.1. The van der Waals surface area contributed by atoms with Crippen molar-refractivity contribution in [1.82, 2.24) is 15.0 Å². The molecule has 9 rings (SSSR count). The zero-order valence-electron chi connectivity index (χ0n) is 26.1. The highest BCUT2D eigenvalue weighted by molar-refractivity contribution is 6.25. The summed E-state index contributed by atoms with van der Waals surface area (Å²) in [4.78, 5) is 15.5. The van der Waals surface area contributed by atoms with Gasteiger partial charge in [0.15, 0.2) is 17.5 Å². The normalized spacial score (nSPS) is 11.3. The van der Waals surface area contributed by atoms with E-state index in [-0.39, 0.29) is 0 Å². The molecule has 0 saturated heterocycles. The van der Waals surface area contributed by atoms with Gasteiger partial charge in [0.1, 0.15) is 0 Å². The van der Waals surface area contributed by atoms with Crippen LogP contribution in [-0.4, -0.2) is 15.0 Å². The number of hydrogen-bond donors (Lipinski definition) is 0. The van der Waals surface area contributed by atoms with Crippen molar-refractivity contribution in [2.45, 2.75) is 0 Å². The second-order valence-electron chi connectivity index (χ2n) is 12.0. The molecule has 0 radical (unpaired) electrons. The van der Waals surface area contributed by atoms with Crippen molar-refractivity contribution in [3.05, 3.63) is 176 Å². The smallest absolute Gasteiger partial charge is 0.164 e. The lowest BCUT2D eigenvalue weighted by Gasteiger charge is -2.14. The summed E-state index contributed by atoms with van der Waals surface area (Å²) >= 11 is 0. The van der Waals surface area contributed by atoms with Gasteiger partial charge in [-0.25, -0.2) is 15.0 Å². The van der Waals surface area contributed by atoms with Crippen LogP contribution in [-0.2, 0) is 0 Å². The van der Waals surface area contributed by atoms with Crippen molar-refractivity contribution in [1.29, 1.82) is 0 Å². The van der Waals surface area contributed by atoms with Gasteiger partial charge < -0.3 is 0 Å². The van der Waals surface area contributed by atoms with Gasteiger partial charge in [-0.1, -0.05) is 164 Å². The molecule has 0 fully saturated rings. The molecule has 1 heterocycles. The van der Waals surface area contributed by atoms with E-state index in [1.54, 1.807) is 0 Å². The molecule has 0 spiro atoms. The Morgan fingerprint density at radius 2 is 0.667 bits per heavy atom. The van der Waals surface area contributed by atoms with E-state index in [0.29, 0.717) is 17.5 Å². The first-order valence-corrected chi connectivity index (χ1v) is 16.2. The lowest BCUT2D eigenvalue weighted by Crippen LogP contribution is -2.01. The van der Waals surface area contributed by atoms with Gasteiger partial charge in [-0.3, -0.25) is 0 Å². The summed E-state index contributed by atoms with van der Waals surface area (Å²) in [7, 11) is 0. The Labute approximate surface area is 278 Å². The second kappa shape index (κ2) is 11.7. The molecule has 0 aliphatic rings. The first-order valence-electron chi connectivity index (χ1n) is 16.2. The number of aromatic nitrogens is 3. The SMILES string of the molecule is c1ccc(-c2cccc(-c3nc(-c4ccc5c6ccccc6c6ccccc6c5c4)nc(-c4ccccc4-c4ccccc4)n3)c2)cc1. The van der Waals surface area contributed by atoms with E-state index >= 15 is 0 Å². The predicted molar refractivity (Wildman–Crippen MR) is 200 cm³/mol. The molecule has 0 bridgehead atoms. The molecular weight excluding hydrogens is 583 g/mol. The summed E-state index contributed by atoms with van der Waals surface area (Å²) in [5, 5.41) is 7.35. The van der Waals surface area contributed by atoms with Gasteiger partial charge in [-0.15, -0.1) is 0 Å². The van der Waals surface area contributed by atoms with Crippen LogP contribution in [0.2, 0.25) is 0 Å². The summed E-state index contributed by atoms with van der Waals surface area (Å²) < 4.78 is 0. The Kier molecular flexibility index (Phi) is 6.80. The third-order valence-electron chi connectivity index (χ3n) is 9.12. The van der Waals surface area contributed by atoms with Gasteiger partial charge in [-0.2, -0.15) is 0 Å². The Balaban J connectivity index is 1.29. The number of fused-ring (bicyclic) bond motifs is 6. The van der Waals surface area contributed by atoms with Crippen LogP contribution in [0, 0.1) is 0 Å². The summed E-state index contributed by atoms with van der Waals surface area (Å²) in [6.07, 6.45) is 0. The zero-order chi connectivity index (χ0) is 31.9. The van der Waals surface area contributed by atoms with Crippen LogP contribution in [0.4, 0.5) is 0 Å². The van der Waals surface area contributed by atoms with Crippen molar-refractivity contribution >= 4 is 32.3 Å². The quantitative estimate of drug-likeness (QED) is 0.182. The minimum atomic E-state index is 0.638. The highest BCUT2D eigenvalue weighted by Gasteiger charge is 2.17. The molecule has 0 aliphatic carbocycles. The van der Waals surface area contributed by atoms with Gasteiger partial charge >= 0.3 is 0 Å². The fourth-order valence-electron chi connectivity index (χ4n) is 6.82. The molecular formula is C45H29N3. The molecule has 0 amide bonds. The van der Waals surface area contributed by atoms with Crippen LogP contribution in [0.1, 0.15) is 0 Å². The Hall–Kier alpha value is -6.45. The van der Waals surface area contributed by atoms with E-state index in [0.717, 1.165) is 38.9 Å². The fraction of sp³-hybridized carbons (Fsp3) is 0. The standard InChI is InChI=1S/C45H29N3/c1-3-14-30(15-4-1)32-18-13-19-33(28-32)43-46-44(48-45(47-43)41-25-12-7-20-35(41)31-16-5-2-6-17-31)34-26-27-40-38-23-9-8-21-36(38)37-22-10-11-24-39(37)42(40)29-34/h1-29H. The van der Waals surface area contributed by atoms with E-state index in [4.69, 9.17) is 15.0 Å². The van der Waals surface area contributed by atoms with E-state index in [2.05, 4.69) is 158 Å². The highest BCUT2D eigenvalue weighted by atomic mass is 15.0. The minimum Gasteiger partial charge on any atom is -0.208 e. The monoisotopic (exact) mass is 611 g/mol. The van der Waals surface area contributed by atoms with Crippen molar-refractivity contribution < 1.29 is 0 Å². The Bertz CT molecular complexity index is 2570. The molecule has 0 atom stereocenters. The maximum Gasteiger partial charge on any atom is 0.164 e. The van der Waals surface area contributed by atoms with E-state index in [9.17, 15) is 0 Å². The fourth-order valence-corrected chi connectivity index (χ4v) is 6.82. The van der Waals surface area contributed by atoms with Gasteiger partial charge in [0, 0.05) is 16.7 Å². The summed E-state index contributed by atoms with van der Waals surface area (Å²) in [6, 6.07) is 61.6. The first kappa shape index (κ1) is 27.8. The van der Waals surface area contributed by atoms with Gasteiger partial charge in [-0.05, 0) is 66.7 Å². The van der Waals surface area contributed by atoms with Crippen LogP contribution in [0.3, 0.4) is 0 Å². The number of benzene rings is 8. The summed E-state index contributed by atoms with van der Waals surface area (Å²) in [6.45, 7) is 0. The lowest BCUT2D eigenvalue weighted by atomic mass is 9.93. The molecule has 0 aliphatic heterocycles. The maximum absolute atomic E-state index is 5.19. The maximum atomic E-state index is 5.19. The van der Waals surface area contributed by atoms with E-state index in [1.165, 1.54) is 32.3 Å². The molecule has 1 aromatic heterocycles. The summed E-state index contributed by atoms with van der Waals surface area (Å²) in [5.74, 6) is 1.92. The Morgan fingerprint density at radius 1 is 0.229 bits per heavy atom. The molecule has 3 heteroatoms. The molecule has 224 valence electrons. The molecule has 0 saturated carbocycles. The molecule has 8 aromatic carbocycles. The van der Waals surface area contributed by atoms with E-state index in [1.807, 2.05) is 18.2 Å². The topological polar surface area (TPSA) is 38.7 Å². The van der Waals surface area contributed by atoms with Crippen LogP contribution >= 0.6 is 0 Å². The van der Waals surface area contributed by atoms with Gasteiger partial charge in [0.05, 0.1) is 0 Å². The van der Waals surface area contributed by atoms with Crippen molar-refractivity contribution in [2.24, 2.45) is 0 Å². The van der Waals surface area contributed by atoms with Gasteiger partial charge in [0.2, 0.25) is 0 Å². The van der Waals surface area contributed by atoms with Crippen LogP contribution in [0.25, 0.3) is 88.7 Å². The molecule has 48 heavy (non-hydrogen) atoms. The van der Waals surface area contributed by atoms with Crippen LogP contribution in [0.15, 0.2) is 176 Å². The lowest BCUT2D eigenvalue weighted by molar-refractivity contribution is 1.07. The molecule has 9 aromatic rings. The van der Waals surface area contributed by atoms with Crippen molar-refractivity contribution in [2.75, 3.05) is 0 Å². The predicted octanol–water partition coefficient (Wildman–Crippen LogP) is 11.7. The largest absolute Gasteiger partial charge is 0.208 e. The Morgan fingerprint density at radius 3 is 1.31 bits per heavy atom. The third kappa shape index (κ3) is 4.90. The number of rotatable bonds is 5. The van der Waals surface area contributed by atoms with Crippen molar-refractivity contribution in [3.8, 4) is 56.4 Å². The molecule has 0 unspecified atom stereocenters. The molecule has 3 nitrogen and oxygen atoms in total. The summed E-state index contributed by atoms with van der Waals surface area (Å²) in [5.41, 5.74) is 7.31. The second-order valence-corrected chi connectivity index (χ2v) is 12.0. The van der Waals surface area contributed by atoms with E-state index < -0.39 is 0 Å². The minimum absolute atomic E-state index is 0.638. The van der Waals surface area contributed by atoms with Crippen LogP contribution < -0.4 is 0 Å². The average molecular weight is 612 g/mol. The first-order chi connectivity index (χ1) is 23.8. The average Bonchev–Trinajstić information content (AvgIpc) is 3.18. The molecule has 0 N–H and O–H groups in total. The third-order valence-corrected chi connectivity index (χ3v) is 9.12. The number of nitrogens with zero attached hydrogens (tertiary/aromatic N) is 3. The highest BCUT2D eigenvalue weighted by Crippen LogP contribution is 2.38. The van der Waals surface area contributed by atoms with Crippen molar-refractivity contribution in [3.63, 3.8) is 0 Å². The van der Waals surface area contributed by atoms with Crippen LogP contribution in [0.5, 0.6) is 0 Å².